The van der Waals surface area contributed by atoms with Crippen molar-refractivity contribution in [1.82, 2.24) is 0 Å². The van der Waals surface area contributed by atoms with E-state index in [-0.39, 0.29) is 31.9 Å². The van der Waals surface area contributed by atoms with E-state index < -0.39 is 0 Å². The molecule has 0 aliphatic carbocycles. The predicted octanol–water partition coefficient (Wildman–Crippen LogP) is 2.60. The molecule has 0 aromatic heterocycles. The van der Waals surface area contributed by atoms with Gasteiger partial charge in [0.2, 0.25) is 0 Å². The van der Waals surface area contributed by atoms with E-state index in [2.05, 4.69) is 24.3 Å². The third-order valence-electron chi connectivity index (χ3n) is 2.53. The average molecular weight is 268 g/mol. The second kappa shape index (κ2) is 11.7. The summed E-state index contributed by atoms with van der Waals surface area (Å²) in [4.78, 5) is 11.7. The minimum Gasteiger partial charge on any atom is -0.463 e. The number of ether oxygens (including phenoxy) is 2. The summed E-state index contributed by atoms with van der Waals surface area (Å²) < 4.78 is 9.70. The normalized spacial score (nSPS) is 13.5. The average Bonchev–Trinajstić information content (AvgIpc) is 2.43. The lowest BCUT2D eigenvalue weighted by Crippen LogP contribution is -2.18. The fourth-order valence-electron chi connectivity index (χ4n) is 1.36. The van der Waals surface area contributed by atoms with Crippen molar-refractivity contribution in [3.8, 4) is 0 Å². The fourth-order valence-corrected chi connectivity index (χ4v) is 1.36. The lowest BCUT2D eigenvalue weighted by Gasteiger charge is -2.12. The van der Waals surface area contributed by atoms with Crippen LogP contribution in [0.1, 0.15) is 26.7 Å². The molecule has 0 aromatic carbocycles. The Morgan fingerprint density at radius 1 is 1.42 bits per heavy atom. The molecule has 0 bridgehead atoms. The molecule has 0 aromatic rings. The lowest BCUT2D eigenvalue weighted by atomic mass is 10.0. The highest BCUT2D eigenvalue weighted by Gasteiger charge is 2.16. The van der Waals surface area contributed by atoms with E-state index in [1.165, 1.54) is 0 Å². The molecule has 19 heavy (non-hydrogen) atoms. The summed E-state index contributed by atoms with van der Waals surface area (Å²) in [5.74, 6) is -0.686. The molecule has 0 spiro atoms. The third-order valence-corrected chi connectivity index (χ3v) is 2.53. The molecule has 0 amide bonds. The van der Waals surface area contributed by atoms with E-state index in [0.29, 0.717) is 0 Å². The van der Waals surface area contributed by atoms with Crippen LogP contribution < -0.4 is 0 Å². The zero-order valence-electron chi connectivity index (χ0n) is 11.8. The molecular weight excluding hydrogens is 244 g/mol. The number of carbonyl (C=O) groups excluding carboxylic acids is 1. The minimum atomic E-state index is -0.368. The summed E-state index contributed by atoms with van der Waals surface area (Å²) in [6.07, 6.45) is 9.62. The first kappa shape index (κ1) is 17.6. The standard InChI is InChI=1S/C15H24O4/c1-4-6-7-8-9-14(5-2)13(3)15(17)19-11-10-18-12-16/h5,7-9,13,16H,2,4,6,10-12H2,1,3H3/b8-7+,14-9+. The number of hydrogen-bond donors (Lipinski definition) is 1. The molecule has 4 heteroatoms. The summed E-state index contributed by atoms with van der Waals surface area (Å²) in [5, 5.41) is 8.42. The van der Waals surface area contributed by atoms with Crippen LogP contribution in [-0.2, 0) is 14.3 Å². The number of hydrogen-bond acceptors (Lipinski definition) is 4. The largest absolute Gasteiger partial charge is 0.463 e. The smallest absolute Gasteiger partial charge is 0.313 e. The number of allylic oxidation sites excluding steroid dienone is 4. The molecule has 1 unspecified atom stereocenters. The zero-order chi connectivity index (χ0) is 14.5. The number of aliphatic hydroxyl groups is 1. The van der Waals surface area contributed by atoms with Gasteiger partial charge >= 0.3 is 5.97 Å². The van der Waals surface area contributed by atoms with Crippen LogP contribution in [-0.4, -0.2) is 31.1 Å². The van der Waals surface area contributed by atoms with Gasteiger partial charge in [-0.25, -0.2) is 0 Å². The fraction of sp³-hybridized carbons (Fsp3) is 0.533. The Morgan fingerprint density at radius 3 is 2.74 bits per heavy atom. The van der Waals surface area contributed by atoms with E-state index in [4.69, 9.17) is 9.84 Å². The third kappa shape index (κ3) is 8.35. The topological polar surface area (TPSA) is 55.8 Å². The van der Waals surface area contributed by atoms with Gasteiger partial charge in [0.1, 0.15) is 13.4 Å². The van der Waals surface area contributed by atoms with Crippen molar-refractivity contribution in [3.63, 3.8) is 0 Å². The Balaban J connectivity index is 4.28. The Hall–Kier alpha value is -1.39. The van der Waals surface area contributed by atoms with Gasteiger partial charge in [0.15, 0.2) is 0 Å². The highest BCUT2D eigenvalue weighted by Crippen LogP contribution is 2.13. The molecule has 0 saturated carbocycles. The second-order valence-corrected chi connectivity index (χ2v) is 4.01. The Kier molecular flexibility index (Phi) is 10.8. The second-order valence-electron chi connectivity index (χ2n) is 4.01. The van der Waals surface area contributed by atoms with Crippen LogP contribution in [0.4, 0.5) is 0 Å². The van der Waals surface area contributed by atoms with Crippen LogP contribution in [0.15, 0.2) is 36.5 Å². The highest BCUT2D eigenvalue weighted by atomic mass is 16.6. The van der Waals surface area contributed by atoms with Crippen LogP contribution in [0.5, 0.6) is 0 Å². The van der Waals surface area contributed by atoms with E-state index in [9.17, 15) is 4.79 Å². The number of unbranched alkanes of at least 4 members (excludes halogenated alkanes) is 1. The van der Waals surface area contributed by atoms with Crippen molar-refractivity contribution >= 4 is 5.97 Å². The highest BCUT2D eigenvalue weighted by molar-refractivity contribution is 5.76. The van der Waals surface area contributed by atoms with E-state index in [0.717, 1.165) is 18.4 Å². The molecule has 0 aliphatic heterocycles. The van der Waals surface area contributed by atoms with Crippen molar-refractivity contribution in [3.05, 3.63) is 36.5 Å². The van der Waals surface area contributed by atoms with Crippen LogP contribution in [0.25, 0.3) is 0 Å². The first-order chi connectivity index (χ1) is 9.17. The van der Waals surface area contributed by atoms with Crippen LogP contribution in [0.2, 0.25) is 0 Å². The summed E-state index contributed by atoms with van der Waals surface area (Å²) in [7, 11) is 0. The Bertz CT molecular complexity index is 318. The summed E-state index contributed by atoms with van der Waals surface area (Å²) in [5.41, 5.74) is 0.820. The van der Waals surface area contributed by atoms with Gasteiger partial charge in [-0.2, -0.15) is 0 Å². The predicted molar refractivity (Wildman–Crippen MR) is 75.5 cm³/mol. The summed E-state index contributed by atoms with van der Waals surface area (Å²) in [6, 6.07) is 0. The van der Waals surface area contributed by atoms with Crippen molar-refractivity contribution in [1.29, 1.82) is 0 Å². The quantitative estimate of drug-likeness (QED) is 0.286. The number of aliphatic hydroxyl groups excluding tert-OH is 1. The first-order valence-corrected chi connectivity index (χ1v) is 6.51. The Morgan fingerprint density at radius 2 is 2.16 bits per heavy atom. The molecule has 1 atom stereocenters. The molecule has 0 fully saturated rings. The molecule has 108 valence electrons. The van der Waals surface area contributed by atoms with Crippen LogP contribution in [0.3, 0.4) is 0 Å². The van der Waals surface area contributed by atoms with E-state index in [1.54, 1.807) is 13.0 Å². The molecule has 0 heterocycles. The maximum absolute atomic E-state index is 11.7. The van der Waals surface area contributed by atoms with E-state index >= 15 is 0 Å². The van der Waals surface area contributed by atoms with Crippen LogP contribution >= 0.6 is 0 Å². The van der Waals surface area contributed by atoms with Gasteiger partial charge in [-0.15, -0.1) is 0 Å². The van der Waals surface area contributed by atoms with Gasteiger partial charge in [-0.1, -0.05) is 44.2 Å². The maximum atomic E-state index is 11.7. The number of rotatable bonds is 10. The minimum absolute atomic E-state index is 0.139. The van der Waals surface area contributed by atoms with Gasteiger partial charge in [-0.3, -0.25) is 4.79 Å². The van der Waals surface area contributed by atoms with Gasteiger partial charge in [0.25, 0.3) is 0 Å². The van der Waals surface area contributed by atoms with Crippen LogP contribution in [0, 0.1) is 5.92 Å². The summed E-state index contributed by atoms with van der Waals surface area (Å²) in [6.45, 7) is 7.55. The molecule has 0 aliphatic rings. The van der Waals surface area contributed by atoms with Gasteiger partial charge in [-0.05, 0) is 18.9 Å². The lowest BCUT2D eigenvalue weighted by molar-refractivity contribution is -0.149. The van der Waals surface area contributed by atoms with E-state index in [1.807, 2.05) is 12.2 Å². The molecule has 0 saturated heterocycles. The SMILES string of the molecule is C=C/C(=C\C=C\CCC)C(C)C(=O)OCCOCO. The number of esters is 1. The van der Waals surface area contributed by atoms with Crippen molar-refractivity contribution in [2.24, 2.45) is 5.92 Å². The zero-order valence-corrected chi connectivity index (χ0v) is 11.8. The molecule has 0 rings (SSSR count). The van der Waals surface area contributed by atoms with Gasteiger partial charge in [0, 0.05) is 0 Å². The number of carbonyl (C=O) groups is 1. The first-order valence-electron chi connectivity index (χ1n) is 6.51. The van der Waals surface area contributed by atoms with Crippen molar-refractivity contribution < 1.29 is 19.4 Å². The van der Waals surface area contributed by atoms with Gasteiger partial charge in [0.05, 0.1) is 12.5 Å². The maximum Gasteiger partial charge on any atom is 0.313 e. The Labute approximate surface area is 115 Å². The van der Waals surface area contributed by atoms with Crippen molar-refractivity contribution in [2.75, 3.05) is 20.0 Å². The molecular formula is C15H24O4. The molecule has 1 N–H and O–H groups in total. The monoisotopic (exact) mass is 268 g/mol. The van der Waals surface area contributed by atoms with Crippen molar-refractivity contribution in [2.45, 2.75) is 26.7 Å². The van der Waals surface area contributed by atoms with Gasteiger partial charge < -0.3 is 14.6 Å². The molecule has 0 radical (unpaired) electrons. The molecule has 4 nitrogen and oxygen atoms in total. The summed E-state index contributed by atoms with van der Waals surface area (Å²) >= 11 is 0.